The van der Waals surface area contributed by atoms with E-state index in [1.807, 2.05) is 0 Å². The van der Waals surface area contributed by atoms with Gasteiger partial charge in [0.15, 0.2) is 0 Å². The highest BCUT2D eigenvalue weighted by molar-refractivity contribution is 5.66. The van der Waals surface area contributed by atoms with Gasteiger partial charge < -0.3 is 5.11 Å². The van der Waals surface area contributed by atoms with E-state index in [0.717, 1.165) is 19.3 Å². The number of unbranched alkanes of at least 4 members (excludes halogenated alkanes) is 1. The number of rotatable bonds is 6. The first-order valence-corrected chi connectivity index (χ1v) is 7.50. The molecule has 1 aromatic rings. The molecular formula is C17H24O2. The Bertz CT molecular complexity index is 437. The molecule has 19 heavy (non-hydrogen) atoms. The second-order valence-corrected chi connectivity index (χ2v) is 5.78. The van der Waals surface area contributed by atoms with Gasteiger partial charge >= 0.3 is 5.97 Å². The number of carboxylic acid groups (broad SMARTS) is 1. The molecule has 104 valence electrons. The molecule has 1 N–H and O–H groups in total. The molecule has 0 radical (unpaired) electrons. The summed E-state index contributed by atoms with van der Waals surface area (Å²) in [6.07, 6.45) is 8.32. The Hall–Kier alpha value is -1.31. The smallest absolute Gasteiger partial charge is 0.303 e. The zero-order valence-corrected chi connectivity index (χ0v) is 11.8. The van der Waals surface area contributed by atoms with Crippen LogP contribution in [0.2, 0.25) is 0 Å². The minimum atomic E-state index is -0.679. The van der Waals surface area contributed by atoms with Crippen LogP contribution in [0.5, 0.6) is 0 Å². The molecular weight excluding hydrogens is 236 g/mol. The normalized spacial score (nSPS) is 15.8. The van der Waals surface area contributed by atoms with Crippen LogP contribution in [0.25, 0.3) is 0 Å². The molecule has 0 heterocycles. The van der Waals surface area contributed by atoms with Gasteiger partial charge in [0.25, 0.3) is 0 Å². The van der Waals surface area contributed by atoms with Crippen molar-refractivity contribution in [1.82, 2.24) is 0 Å². The topological polar surface area (TPSA) is 37.3 Å². The third-order valence-electron chi connectivity index (χ3n) is 4.22. The molecule has 2 rings (SSSR count). The largest absolute Gasteiger partial charge is 0.481 e. The van der Waals surface area contributed by atoms with Crippen LogP contribution in [0, 0.1) is 0 Å². The SMILES string of the molecule is CC(CCCCC(=O)O)c1ccc2c(c1)CCCC2. The van der Waals surface area contributed by atoms with E-state index in [1.165, 1.54) is 36.8 Å². The molecule has 2 nitrogen and oxygen atoms in total. The van der Waals surface area contributed by atoms with Crippen LogP contribution in [0.15, 0.2) is 18.2 Å². The van der Waals surface area contributed by atoms with Gasteiger partial charge in [0.05, 0.1) is 0 Å². The lowest BCUT2D eigenvalue weighted by atomic mass is 9.86. The molecule has 0 saturated heterocycles. The Morgan fingerprint density at radius 3 is 2.68 bits per heavy atom. The average Bonchev–Trinajstić information content (AvgIpc) is 2.42. The predicted octanol–water partition coefficient (Wildman–Crippen LogP) is 4.31. The van der Waals surface area contributed by atoms with E-state index in [-0.39, 0.29) is 0 Å². The summed E-state index contributed by atoms with van der Waals surface area (Å²) in [6.45, 7) is 2.26. The Kier molecular flexibility index (Phi) is 5.00. The molecule has 1 aliphatic rings. The van der Waals surface area contributed by atoms with Gasteiger partial charge in [0.1, 0.15) is 0 Å². The van der Waals surface area contributed by atoms with Gasteiger partial charge in [-0.15, -0.1) is 0 Å². The first kappa shape index (κ1) is 14.1. The maximum atomic E-state index is 10.5. The summed E-state index contributed by atoms with van der Waals surface area (Å²) in [4.78, 5) is 10.5. The summed E-state index contributed by atoms with van der Waals surface area (Å²) in [6, 6.07) is 6.96. The van der Waals surface area contributed by atoms with Crippen molar-refractivity contribution in [2.45, 2.75) is 64.2 Å². The Morgan fingerprint density at radius 1 is 1.21 bits per heavy atom. The van der Waals surface area contributed by atoms with E-state index in [9.17, 15) is 4.79 Å². The third-order valence-corrected chi connectivity index (χ3v) is 4.22. The van der Waals surface area contributed by atoms with E-state index < -0.39 is 5.97 Å². The standard InChI is InChI=1S/C17H24O2/c1-13(6-2-5-9-17(18)19)15-11-10-14-7-3-4-8-16(14)12-15/h10-13H,2-9H2,1H3,(H,18,19). The van der Waals surface area contributed by atoms with Crippen LogP contribution >= 0.6 is 0 Å². The highest BCUT2D eigenvalue weighted by Gasteiger charge is 2.12. The van der Waals surface area contributed by atoms with Crippen LogP contribution < -0.4 is 0 Å². The highest BCUT2D eigenvalue weighted by atomic mass is 16.4. The second-order valence-electron chi connectivity index (χ2n) is 5.78. The molecule has 1 aromatic carbocycles. The maximum Gasteiger partial charge on any atom is 0.303 e. The highest BCUT2D eigenvalue weighted by Crippen LogP contribution is 2.27. The van der Waals surface area contributed by atoms with Crippen molar-refractivity contribution < 1.29 is 9.90 Å². The van der Waals surface area contributed by atoms with Gasteiger partial charge in [-0.2, -0.15) is 0 Å². The third kappa shape index (κ3) is 4.09. The van der Waals surface area contributed by atoms with E-state index in [1.54, 1.807) is 5.56 Å². The van der Waals surface area contributed by atoms with Gasteiger partial charge in [-0.3, -0.25) is 4.79 Å². The Labute approximate surface area is 115 Å². The number of hydrogen-bond donors (Lipinski definition) is 1. The number of aliphatic carboxylic acids is 1. The van der Waals surface area contributed by atoms with Crippen LogP contribution in [-0.2, 0) is 17.6 Å². The van der Waals surface area contributed by atoms with Gasteiger partial charge in [0.2, 0.25) is 0 Å². The summed E-state index contributed by atoms with van der Waals surface area (Å²) in [5.41, 5.74) is 4.50. The number of carboxylic acids is 1. The lowest BCUT2D eigenvalue weighted by Crippen LogP contribution is -2.04. The molecule has 0 aromatic heterocycles. The fourth-order valence-corrected chi connectivity index (χ4v) is 2.95. The van der Waals surface area contributed by atoms with Crippen molar-refractivity contribution in [3.8, 4) is 0 Å². The van der Waals surface area contributed by atoms with Crippen LogP contribution in [0.4, 0.5) is 0 Å². The predicted molar refractivity (Wildman–Crippen MR) is 77.6 cm³/mol. The van der Waals surface area contributed by atoms with Crippen LogP contribution in [0.3, 0.4) is 0 Å². The molecule has 0 saturated carbocycles. The summed E-state index contributed by atoms with van der Waals surface area (Å²) in [5.74, 6) is -0.137. The zero-order valence-electron chi connectivity index (χ0n) is 11.8. The van der Waals surface area contributed by atoms with Crippen molar-refractivity contribution in [2.75, 3.05) is 0 Å². The van der Waals surface area contributed by atoms with Gasteiger partial charge in [-0.1, -0.05) is 31.5 Å². The zero-order chi connectivity index (χ0) is 13.7. The van der Waals surface area contributed by atoms with Crippen molar-refractivity contribution in [3.05, 3.63) is 34.9 Å². The minimum Gasteiger partial charge on any atom is -0.481 e. The molecule has 2 heteroatoms. The molecule has 0 fully saturated rings. The van der Waals surface area contributed by atoms with E-state index in [2.05, 4.69) is 25.1 Å². The Morgan fingerprint density at radius 2 is 1.95 bits per heavy atom. The van der Waals surface area contributed by atoms with Gasteiger partial charge in [0, 0.05) is 6.42 Å². The summed E-state index contributed by atoms with van der Waals surface area (Å²) in [7, 11) is 0. The van der Waals surface area contributed by atoms with Crippen LogP contribution in [0.1, 0.15) is 68.1 Å². The molecule has 0 amide bonds. The first-order chi connectivity index (χ1) is 9.16. The average molecular weight is 260 g/mol. The number of aryl methyl sites for hydroxylation is 2. The molecule has 0 bridgehead atoms. The van der Waals surface area contributed by atoms with E-state index in [4.69, 9.17) is 5.11 Å². The van der Waals surface area contributed by atoms with E-state index >= 15 is 0 Å². The minimum absolute atomic E-state index is 0.302. The molecule has 0 aliphatic heterocycles. The van der Waals surface area contributed by atoms with Gasteiger partial charge in [-0.05, 0) is 61.1 Å². The summed E-state index contributed by atoms with van der Waals surface area (Å²) in [5, 5.41) is 8.63. The maximum absolute atomic E-state index is 10.5. The Balaban J connectivity index is 1.88. The number of carbonyl (C=O) groups is 1. The van der Waals surface area contributed by atoms with Crippen molar-refractivity contribution in [3.63, 3.8) is 0 Å². The number of hydrogen-bond acceptors (Lipinski definition) is 1. The lowest BCUT2D eigenvalue weighted by Gasteiger charge is -2.19. The van der Waals surface area contributed by atoms with Crippen molar-refractivity contribution >= 4 is 5.97 Å². The number of fused-ring (bicyclic) bond motifs is 1. The summed E-state index contributed by atoms with van der Waals surface area (Å²) < 4.78 is 0. The number of benzene rings is 1. The second kappa shape index (κ2) is 6.74. The molecule has 1 aliphatic carbocycles. The molecule has 0 spiro atoms. The first-order valence-electron chi connectivity index (χ1n) is 7.50. The summed E-state index contributed by atoms with van der Waals surface area (Å²) >= 11 is 0. The molecule has 1 atom stereocenters. The quantitative estimate of drug-likeness (QED) is 0.774. The fourth-order valence-electron chi connectivity index (χ4n) is 2.95. The monoisotopic (exact) mass is 260 g/mol. The van der Waals surface area contributed by atoms with Crippen molar-refractivity contribution in [2.24, 2.45) is 0 Å². The molecule has 1 unspecified atom stereocenters. The van der Waals surface area contributed by atoms with Crippen molar-refractivity contribution in [1.29, 1.82) is 0 Å². The fraction of sp³-hybridized carbons (Fsp3) is 0.588. The van der Waals surface area contributed by atoms with E-state index in [0.29, 0.717) is 12.3 Å². The lowest BCUT2D eigenvalue weighted by molar-refractivity contribution is -0.137. The van der Waals surface area contributed by atoms with Gasteiger partial charge in [-0.25, -0.2) is 0 Å². The van der Waals surface area contributed by atoms with Crippen LogP contribution in [-0.4, -0.2) is 11.1 Å².